The highest BCUT2D eigenvalue weighted by atomic mass is 35.5. The predicted octanol–water partition coefficient (Wildman–Crippen LogP) is 3.99. The van der Waals surface area contributed by atoms with Gasteiger partial charge in [0.1, 0.15) is 0 Å². The van der Waals surface area contributed by atoms with Gasteiger partial charge in [-0.05, 0) is 42.5 Å². The first kappa shape index (κ1) is 18.1. The monoisotopic (exact) mass is 396 g/mol. The van der Waals surface area contributed by atoms with Crippen LogP contribution in [-0.2, 0) is 14.8 Å². The first-order chi connectivity index (χ1) is 11.8. The van der Waals surface area contributed by atoms with Crippen molar-refractivity contribution in [3.8, 4) is 0 Å². The van der Waals surface area contributed by atoms with E-state index in [1.807, 2.05) is 6.92 Å². The number of hydrogen-bond acceptors (Lipinski definition) is 4. The van der Waals surface area contributed by atoms with Crippen molar-refractivity contribution in [3.63, 3.8) is 0 Å². The van der Waals surface area contributed by atoms with E-state index in [2.05, 4.69) is 4.72 Å². The van der Waals surface area contributed by atoms with Gasteiger partial charge in [-0.3, -0.25) is 9.52 Å². The average Bonchev–Trinajstić information content (AvgIpc) is 2.55. The van der Waals surface area contributed by atoms with Crippen LogP contribution in [0.15, 0.2) is 52.3 Å². The van der Waals surface area contributed by atoms with Crippen LogP contribution in [0.1, 0.15) is 13.8 Å². The molecule has 132 valence electrons. The van der Waals surface area contributed by atoms with E-state index in [-0.39, 0.29) is 16.1 Å². The largest absolute Gasteiger partial charge is 0.310 e. The fraction of sp³-hybridized carbons (Fsp3) is 0.235. The molecule has 0 saturated carbocycles. The maximum Gasteiger partial charge on any atom is 0.261 e. The molecule has 1 atom stereocenters. The summed E-state index contributed by atoms with van der Waals surface area (Å²) in [6.45, 7) is 4.08. The number of benzene rings is 2. The van der Waals surface area contributed by atoms with Crippen LogP contribution in [0.2, 0.25) is 5.02 Å². The summed E-state index contributed by atoms with van der Waals surface area (Å²) in [4.78, 5) is 14.6. The van der Waals surface area contributed by atoms with E-state index in [0.29, 0.717) is 22.9 Å². The SMILES string of the molecule is CC(=O)N1C[C@H](C)Sc2ccc(S(=O)(=O)Nc3ccc(Cl)cc3)cc21. The molecule has 0 fully saturated rings. The topological polar surface area (TPSA) is 66.5 Å². The summed E-state index contributed by atoms with van der Waals surface area (Å²) < 4.78 is 27.8. The lowest BCUT2D eigenvalue weighted by molar-refractivity contribution is -0.116. The van der Waals surface area contributed by atoms with E-state index < -0.39 is 10.0 Å². The van der Waals surface area contributed by atoms with Gasteiger partial charge >= 0.3 is 0 Å². The van der Waals surface area contributed by atoms with Crippen LogP contribution in [0, 0.1) is 0 Å². The Morgan fingerprint density at radius 1 is 1.24 bits per heavy atom. The van der Waals surface area contributed by atoms with Gasteiger partial charge in [-0.25, -0.2) is 8.42 Å². The number of carbonyl (C=O) groups is 1. The molecule has 5 nitrogen and oxygen atoms in total. The van der Waals surface area contributed by atoms with Crippen molar-refractivity contribution >= 4 is 50.7 Å². The van der Waals surface area contributed by atoms with Gasteiger partial charge in [0.05, 0.1) is 10.6 Å². The molecule has 0 aliphatic carbocycles. The summed E-state index contributed by atoms with van der Waals surface area (Å²) in [5.41, 5.74) is 1.06. The third kappa shape index (κ3) is 3.94. The quantitative estimate of drug-likeness (QED) is 0.851. The molecule has 1 aliphatic rings. The van der Waals surface area contributed by atoms with Gasteiger partial charge in [-0.2, -0.15) is 0 Å². The third-order valence-electron chi connectivity index (χ3n) is 3.78. The average molecular weight is 397 g/mol. The van der Waals surface area contributed by atoms with E-state index in [0.717, 1.165) is 4.90 Å². The first-order valence-corrected chi connectivity index (χ1v) is 10.4. The van der Waals surface area contributed by atoms with Gasteiger partial charge in [0.15, 0.2) is 0 Å². The Kier molecular flexibility index (Phi) is 4.99. The number of fused-ring (bicyclic) bond motifs is 1. The number of rotatable bonds is 3. The van der Waals surface area contributed by atoms with Gasteiger partial charge in [-0.15, -0.1) is 11.8 Å². The number of anilines is 2. The van der Waals surface area contributed by atoms with Crippen LogP contribution in [0.3, 0.4) is 0 Å². The van der Waals surface area contributed by atoms with Crippen molar-refractivity contribution in [2.45, 2.75) is 28.9 Å². The molecule has 2 aromatic carbocycles. The molecule has 0 saturated heterocycles. The van der Waals surface area contributed by atoms with Crippen molar-refractivity contribution in [3.05, 3.63) is 47.5 Å². The van der Waals surface area contributed by atoms with Crippen LogP contribution in [0.25, 0.3) is 0 Å². The normalized spacial score (nSPS) is 17.1. The molecule has 25 heavy (non-hydrogen) atoms. The second kappa shape index (κ2) is 6.90. The number of nitrogens with one attached hydrogen (secondary N) is 1. The molecule has 1 aliphatic heterocycles. The lowest BCUT2D eigenvalue weighted by atomic mass is 10.2. The van der Waals surface area contributed by atoms with E-state index in [4.69, 9.17) is 11.6 Å². The fourth-order valence-electron chi connectivity index (χ4n) is 2.61. The Labute approximate surface area is 156 Å². The number of thioether (sulfide) groups is 1. The van der Waals surface area contributed by atoms with Gasteiger partial charge in [-0.1, -0.05) is 18.5 Å². The Morgan fingerprint density at radius 3 is 2.56 bits per heavy atom. The molecule has 2 aromatic rings. The highest BCUT2D eigenvalue weighted by Gasteiger charge is 2.27. The lowest BCUT2D eigenvalue weighted by Crippen LogP contribution is -2.37. The van der Waals surface area contributed by atoms with Gasteiger partial charge in [0, 0.05) is 34.3 Å². The molecule has 3 rings (SSSR count). The van der Waals surface area contributed by atoms with Crippen molar-refractivity contribution in [2.24, 2.45) is 0 Å². The second-order valence-corrected chi connectivity index (χ2v) is 9.40. The molecular formula is C17H17ClN2O3S2. The van der Waals surface area contributed by atoms with E-state index in [1.165, 1.54) is 6.92 Å². The first-order valence-electron chi connectivity index (χ1n) is 7.63. The number of nitrogens with zero attached hydrogens (tertiary/aromatic N) is 1. The summed E-state index contributed by atoms with van der Waals surface area (Å²) in [7, 11) is -3.76. The van der Waals surface area contributed by atoms with Gasteiger partial charge < -0.3 is 4.90 Å². The van der Waals surface area contributed by atoms with Gasteiger partial charge in [0.25, 0.3) is 10.0 Å². The summed E-state index contributed by atoms with van der Waals surface area (Å²) in [6.07, 6.45) is 0. The predicted molar refractivity (Wildman–Crippen MR) is 102 cm³/mol. The Balaban J connectivity index is 1.96. The molecule has 8 heteroatoms. The zero-order valence-corrected chi connectivity index (χ0v) is 16.1. The maximum absolute atomic E-state index is 12.7. The molecule has 0 spiro atoms. The summed E-state index contributed by atoms with van der Waals surface area (Å²) in [5.74, 6) is -0.103. The van der Waals surface area contributed by atoms with Crippen LogP contribution < -0.4 is 9.62 Å². The minimum atomic E-state index is -3.76. The standard InChI is InChI=1S/C17H17ClN2O3S2/c1-11-10-20(12(2)21)16-9-15(7-8-17(16)24-11)25(22,23)19-14-5-3-13(18)4-6-14/h3-9,11,19H,10H2,1-2H3/t11-/m0/s1. The molecule has 0 radical (unpaired) electrons. The molecule has 1 heterocycles. The number of sulfonamides is 1. The fourth-order valence-corrected chi connectivity index (χ4v) is 4.91. The molecule has 1 N–H and O–H groups in total. The number of hydrogen-bond donors (Lipinski definition) is 1. The van der Waals surface area contributed by atoms with Crippen LogP contribution in [0.5, 0.6) is 0 Å². The highest BCUT2D eigenvalue weighted by Crippen LogP contribution is 2.39. The van der Waals surface area contributed by atoms with E-state index in [9.17, 15) is 13.2 Å². The summed E-state index contributed by atoms with van der Waals surface area (Å²) in [6, 6.07) is 11.3. The number of carbonyl (C=O) groups excluding carboxylic acids is 1. The summed E-state index contributed by atoms with van der Waals surface area (Å²) in [5, 5.41) is 0.783. The minimum absolute atomic E-state index is 0.103. The second-order valence-electron chi connectivity index (χ2n) is 5.80. The zero-order chi connectivity index (χ0) is 18.2. The lowest BCUT2D eigenvalue weighted by Gasteiger charge is -2.32. The Hall–Kier alpha value is -1.70. The Bertz CT molecular complexity index is 914. The third-order valence-corrected chi connectivity index (χ3v) is 6.56. The number of amides is 1. The van der Waals surface area contributed by atoms with E-state index in [1.54, 1.807) is 59.1 Å². The maximum atomic E-state index is 12.7. The molecule has 0 unspecified atom stereocenters. The number of halogens is 1. The van der Waals surface area contributed by atoms with Crippen molar-refractivity contribution < 1.29 is 13.2 Å². The zero-order valence-electron chi connectivity index (χ0n) is 13.7. The molecular weight excluding hydrogens is 380 g/mol. The summed E-state index contributed by atoms with van der Waals surface area (Å²) >= 11 is 7.45. The molecule has 0 aromatic heterocycles. The molecule has 0 bridgehead atoms. The van der Waals surface area contributed by atoms with Crippen LogP contribution in [0.4, 0.5) is 11.4 Å². The highest BCUT2D eigenvalue weighted by molar-refractivity contribution is 8.00. The Morgan fingerprint density at radius 2 is 1.92 bits per heavy atom. The minimum Gasteiger partial charge on any atom is -0.310 e. The van der Waals surface area contributed by atoms with Gasteiger partial charge in [0.2, 0.25) is 5.91 Å². The van der Waals surface area contributed by atoms with E-state index >= 15 is 0 Å². The molecule has 1 amide bonds. The van der Waals surface area contributed by atoms with Crippen molar-refractivity contribution in [1.29, 1.82) is 0 Å². The van der Waals surface area contributed by atoms with Crippen LogP contribution in [-0.4, -0.2) is 26.1 Å². The van der Waals surface area contributed by atoms with Crippen LogP contribution >= 0.6 is 23.4 Å². The van der Waals surface area contributed by atoms with Crippen molar-refractivity contribution in [2.75, 3.05) is 16.2 Å². The van der Waals surface area contributed by atoms with Crippen molar-refractivity contribution in [1.82, 2.24) is 0 Å². The smallest absolute Gasteiger partial charge is 0.261 e.